The Balaban J connectivity index is 1.44. The molecule has 1 aliphatic heterocycles. The molecule has 3 rings (SSSR count). The van der Waals surface area contributed by atoms with Crippen molar-refractivity contribution < 1.29 is 27.4 Å². The number of anilines is 1. The summed E-state index contributed by atoms with van der Waals surface area (Å²) in [4.78, 5) is 14.2. The molecule has 1 N–H and O–H groups in total. The van der Waals surface area contributed by atoms with Gasteiger partial charge in [0.25, 0.3) is 0 Å². The molecule has 1 atom stereocenters. The van der Waals surface area contributed by atoms with Gasteiger partial charge in [0.15, 0.2) is 0 Å². The molecule has 1 amide bonds. The van der Waals surface area contributed by atoms with E-state index >= 15 is 0 Å². The number of alkyl halides is 3. The van der Waals surface area contributed by atoms with Crippen LogP contribution < -0.4 is 10.1 Å². The minimum Gasteiger partial charge on any atom is -0.445 e. The van der Waals surface area contributed by atoms with Crippen LogP contribution in [0.5, 0.6) is 5.75 Å². The first-order valence-electron chi connectivity index (χ1n) is 8.47. The number of hydrogen-bond donors (Lipinski definition) is 1. The lowest BCUT2D eigenvalue weighted by Gasteiger charge is -2.16. The normalized spacial score (nSPS) is 17.5. The summed E-state index contributed by atoms with van der Waals surface area (Å²) in [5, 5.41) is 2.51. The molecule has 1 saturated heterocycles. The van der Waals surface area contributed by atoms with E-state index in [1.54, 1.807) is 0 Å². The fourth-order valence-electron chi connectivity index (χ4n) is 2.92. The predicted octanol–water partition coefficient (Wildman–Crippen LogP) is 4.41. The molecule has 27 heavy (non-hydrogen) atoms. The predicted molar refractivity (Wildman–Crippen MR) is 93.4 cm³/mol. The molecule has 0 bridgehead atoms. The second-order valence-electron chi connectivity index (χ2n) is 6.23. The topological polar surface area (TPSA) is 50.8 Å². The van der Waals surface area contributed by atoms with Gasteiger partial charge >= 0.3 is 12.5 Å². The number of carbonyl (C=O) groups is 1. The zero-order valence-electron chi connectivity index (χ0n) is 14.4. The number of benzene rings is 2. The van der Waals surface area contributed by atoms with Crippen LogP contribution >= 0.6 is 0 Å². The Kier molecular flexibility index (Phi) is 5.85. The van der Waals surface area contributed by atoms with E-state index in [2.05, 4.69) is 15.0 Å². The van der Waals surface area contributed by atoms with Crippen LogP contribution in [0.3, 0.4) is 0 Å². The van der Waals surface area contributed by atoms with Crippen molar-refractivity contribution in [3.05, 3.63) is 60.2 Å². The maximum Gasteiger partial charge on any atom is 0.573 e. The fraction of sp³-hybridized carbons (Fsp3) is 0.316. The third-order valence-corrected chi connectivity index (χ3v) is 4.09. The molecule has 0 aliphatic carbocycles. The third kappa shape index (κ3) is 6.18. The molecule has 0 spiro atoms. The number of hydrogen-bond acceptors (Lipinski definition) is 4. The highest BCUT2D eigenvalue weighted by Crippen LogP contribution is 2.24. The lowest BCUT2D eigenvalue weighted by Crippen LogP contribution is -2.26. The van der Waals surface area contributed by atoms with Crippen LogP contribution in [0.2, 0.25) is 0 Å². The Morgan fingerprint density at radius 3 is 2.48 bits per heavy atom. The highest BCUT2D eigenvalue weighted by molar-refractivity contribution is 5.84. The Morgan fingerprint density at radius 2 is 1.81 bits per heavy atom. The van der Waals surface area contributed by atoms with Gasteiger partial charge in [0.1, 0.15) is 11.9 Å². The van der Waals surface area contributed by atoms with Crippen LogP contribution in [-0.4, -0.2) is 36.5 Å². The van der Waals surface area contributed by atoms with E-state index in [1.807, 2.05) is 30.3 Å². The summed E-state index contributed by atoms with van der Waals surface area (Å²) in [7, 11) is 0. The standard InChI is InChI=1S/C19H19F3N2O3/c20-19(21,22)27-16-8-6-15(7-9-16)23-18(25)26-17-10-11-24(13-17)12-14-4-2-1-3-5-14/h1-9,17H,10-13H2,(H,23,25). The van der Waals surface area contributed by atoms with E-state index in [0.29, 0.717) is 12.2 Å². The first-order valence-corrected chi connectivity index (χ1v) is 8.47. The molecular formula is C19H19F3N2O3. The summed E-state index contributed by atoms with van der Waals surface area (Å²) in [5.74, 6) is -0.353. The van der Waals surface area contributed by atoms with Gasteiger partial charge < -0.3 is 9.47 Å². The minimum absolute atomic E-state index is 0.221. The Bertz CT molecular complexity index is 751. The molecule has 2 aromatic rings. The van der Waals surface area contributed by atoms with Gasteiger partial charge in [0, 0.05) is 25.3 Å². The minimum atomic E-state index is -4.75. The Labute approximate surface area is 154 Å². The van der Waals surface area contributed by atoms with E-state index in [1.165, 1.54) is 17.7 Å². The number of amides is 1. The first-order chi connectivity index (χ1) is 12.9. The average Bonchev–Trinajstić information content (AvgIpc) is 3.03. The molecule has 1 fully saturated rings. The van der Waals surface area contributed by atoms with Crippen molar-refractivity contribution in [1.82, 2.24) is 4.90 Å². The molecule has 0 radical (unpaired) electrons. The highest BCUT2D eigenvalue weighted by atomic mass is 19.4. The van der Waals surface area contributed by atoms with Crippen LogP contribution in [-0.2, 0) is 11.3 Å². The van der Waals surface area contributed by atoms with Gasteiger partial charge in [-0.15, -0.1) is 13.2 Å². The summed E-state index contributed by atoms with van der Waals surface area (Å²) in [5.41, 5.74) is 1.53. The van der Waals surface area contributed by atoms with E-state index in [9.17, 15) is 18.0 Å². The number of likely N-dealkylation sites (tertiary alicyclic amines) is 1. The molecule has 5 nitrogen and oxygen atoms in total. The van der Waals surface area contributed by atoms with Gasteiger partial charge in [-0.05, 0) is 36.2 Å². The van der Waals surface area contributed by atoms with Crippen LogP contribution in [0, 0.1) is 0 Å². The summed E-state index contributed by atoms with van der Waals surface area (Å²) in [6.07, 6.45) is -4.87. The number of nitrogens with zero attached hydrogens (tertiary/aromatic N) is 1. The fourth-order valence-corrected chi connectivity index (χ4v) is 2.92. The number of halogens is 3. The van der Waals surface area contributed by atoms with E-state index in [4.69, 9.17) is 4.74 Å². The first kappa shape index (κ1) is 19.0. The molecule has 1 unspecified atom stereocenters. The largest absolute Gasteiger partial charge is 0.573 e. The lowest BCUT2D eigenvalue weighted by molar-refractivity contribution is -0.274. The van der Waals surface area contributed by atoms with Gasteiger partial charge in [0.2, 0.25) is 0 Å². The van der Waals surface area contributed by atoms with Gasteiger partial charge in [-0.1, -0.05) is 30.3 Å². The van der Waals surface area contributed by atoms with Gasteiger partial charge in [-0.3, -0.25) is 10.2 Å². The number of nitrogens with one attached hydrogen (secondary N) is 1. The number of carbonyl (C=O) groups excluding carboxylic acids is 1. The second kappa shape index (κ2) is 8.30. The maximum absolute atomic E-state index is 12.1. The highest BCUT2D eigenvalue weighted by Gasteiger charge is 2.31. The lowest BCUT2D eigenvalue weighted by atomic mass is 10.2. The molecule has 0 saturated carbocycles. The zero-order valence-corrected chi connectivity index (χ0v) is 14.4. The average molecular weight is 380 g/mol. The molecule has 0 aromatic heterocycles. The Hall–Kier alpha value is -2.74. The second-order valence-corrected chi connectivity index (χ2v) is 6.23. The Morgan fingerprint density at radius 1 is 1.11 bits per heavy atom. The van der Waals surface area contributed by atoms with Gasteiger partial charge in [0.05, 0.1) is 0 Å². The molecule has 144 valence electrons. The number of rotatable bonds is 5. The smallest absolute Gasteiger partial charge is 0.445 e. The monoisotopic (exact) mass is 380 g/mol. The van der Waals surface area contributed by atoms with Crippen molar-refractivity contribution in [2.75, 3.05) is 18.4 Å². The molecule has 2 aromatic carbocycles. The third-order valence-electron chi connectivity index (χ3n) is 4.09. The van der Waals surface area contributed by atoms with Crippen LogP contribution in [0.15, 0.2) is 54.6 Å². The van der Waals surface area contributed by atoms with Crippen LogP contribution in [0.1, 0.15) is 12.0 Å². The van der Waals surface area contributed by atoms with Crippen molar-refractivity contribution in [3.63, 3.8) is 0 Å². The maximum atomic E-state index is 12.1. The summed E-state index contributed by atoms with van der Waals surface area (Å²) < 4.78 is 45.6. The molecule has 1 aliphatic rings. The van der Waals surface area contributed by atoms with Crippen molar-refractivity contribution in [1.29, 1.82) is 0 Å². The molecular weight excluding hydrogens is 361 g/mol. The van der Waals surface area contributed by atoms with E-state index in [-0.39, 0.29) is 11.9 Å². The van der Waals surface area contributed by atoms with Crippen LogP contribution in [0.25, 0.3) is 0 Å². The van der Waals surface area contributed by atoms with E-state index < -0.39 is 12.5 Å². The summed E-state index contributed by atoms with van der Waals surface area (Å²) in [6, 6.07) is 14.9. The van der Waals surface area contributed by atoms with Crippen molar-refractivity contribution in [2.45, 2.75) is 25.4 Å². The van der Waals surface area contributed by atoms with Crippen LogP contribution in [0.4, 0.5) is 23.7 Å². The molecule has 8 heteroatoms. The van der Waals surface area contributed by atoms with Crippen molar-refractivity contribution in [3.8, 4) is 5.75 Å². The summed E-state index contributed by atoms with van der Waals surface area (Å²) >= 11 is 0. The van der Waals surface area contributed by atoms with Crippen molar-refractivity contribution >= 4 is 11.8 Å². The van der Waals surface area contributed by atoms with Gasteiger partial charge in [-0.2, -0.15) is 0 Å². The van der Waals surface area contributed by atoms with Crippen molar-refractivity contribution in [2.24, 2.45) is 0 Å². The van der Waals surface area contributed by atoms with E-state index in [0.717, 1.165) is 31.6 Å². The molecule has 1 heterocycles. The van der Waals surface area contributed by atoms with Gasteiger partial charge in [-0.25, -0.2) is 4.79 Å². The summed E-state index contributed by atoms with van der Waals surface area (Å²) in [6.45, 7) is 2.26. The number of ether oxygens (including phenoxy) is 2. The quantitative estimate of drug-likeness (QED) is 0.835. The SMILES string of the molecule is O=C(Nc1ccc(OC(F)(F)F)cc1)OC1CCN(Cc2ccccc2)C1. The zero-order chi connectivity index (χ0) is 19.3.